The summed E-state index contributed by atoms with van der Waals surface area (Å²) in [5, 5.41) is 2.26. The normalized spacial score (nSPS) is 12.9. The maximum absolute atomic E-state index is 13.5. The van der Waals surface area contributed by atoms with Gasteiger partial charge in [0.2, 0.25) is 0 Å². The lowest BCUT2D eigenvalue weighted by atomic mass is 9.86. The van der Waals surface area contributed by atoms with Crippen LogP contribution in [-0.2, 0) is 14.3 Å². The van der Waals surface area contributed by atoms with Crippen molar-refractivity contribution in [2.24, 2.45) is 5.92 Å². The fourth-order valence-corrected chi connectivity index (χ4v) is 2.60. The molecule has 0 spiro atoms. The molecule has 0 radical (unpaired) electrons. The van der Waals surface area contributed by atoms with E-state index >= 15 is 0 Å². The van der Waals surface area contributed by atoms with Gasteiger partial charge < -0.3 is 10.1 Å². The van der Waals surface area contributed by atoms with E-state index in [1.165, 1.54) is 0 Å². The molecule has 0 fully saturated rings. The fraction of sp³-hybridized carbons (Fsp3) is 0.300. The summed E-state index contributed by atoms with van der Waals surface area (Å²) < 4.78 is 31.6. The van der Waals surface area contributed by atoms with Gasteiger partial charge in [0.25, 0.3) is 5.91 Å². The van der Waals surface area contributed by atoms with Crippen molar-refractivity contribution in [2.75, 3.05) is 11.9 Å². The number of ether oxygens (including phenoxy) is 1. The van der Waals surface area contributed by atoms with E-state index in [-0.39, 0.29) is 11.6 Å². The van der Waals surface area contributed by atoms with Crippen molar-refractivity contribution < 1.29 is 23.1 Å². The van der Waals surface area contributed by atoms with E-state index in [0.717, 1.165) is 24.1 Å². The van der Waals surface area contributed by atoms with Crippen LogP contribution in [0.15, 0.2) is 48.5 Å². The maximum atomic E-state index is 13.5. The highest BCUT2D eigenvalue weighted by molar-refractivity contribution is 5.93. The largest absolute Gasteiger partial charge is 0.455 e. The van der Waals surface area contributed by atoms with Crippen molar-refractivity contribution in [2.45, 2.75) is 26.2 Å². The SMILES string of the molecule is CCC(C)C(C(=O)OCC(=O)Nc1ccc(F)cc1F)c1ccccc1. The standard InChI is InChI=1S/C20H21F2NO3/c1-3-13(2)19(14-7-5-4-6-8-14)20(25)26-12-18(24)23-17-10-9-15(21)11-16(17)22/h4-11,13,19H,3,12H2,1-2H3,(H,23,24). The number of carbonyl (C=O) groups excluding carboxylic acids is 2. The van der Waals surface area contributed by atoms with Crippen LogP contribution in [0.2, 0.25) is 0 Å². The van der Waals surface area contributed by atoms with Crippen molar-refractivity contribution in [1.82, 2.24) is 0 Å². The topological polar surface area (TPSA) is 55.4 Å². The summed E-state index contributed by atoms with van der Waals surface area (Å²) in [7, 11) is 0. The third-order valence-electron chi connectivity index (χ3n) is 4.18. The van der Waals surface area contributed by atoms with E-state index in [4.69, 9.17) is 4.74 Å². The molecule has 138 valence electrons. The zero-order valence-corrected chi connectivity index (χ0v) is 14.7. The minimum atomic E-state index is -0.897. The second-order valence-corrected chi connectivity index (χ2v) is 6.05. The van der Waals surface area contributed by atoms with Gasteiger partial charge in [0.05, 0.1) is 11.6 Å². The number of halogens is 2. The zero-order chi connectivity index (χ0) is 19.1. The van der Waals surface area contributed by atoms with Crippen LogP contribution in [0.5, 0.6) is 0 Å². The van der Waals surface area contributed by atoms with Gasteiger partial charge in [-0.3, -0.25) is 9.59 Å². The Kier molecular flexibility index (Phi) is 6.83. The summed E-state index contributed by atoms with van der Waals surface area (Å²) in [4.78, 5) is 24.4. The molecule has 0 bridgehead atoms. The Balaban J connectivity index is 1.99. The number of benzene rings is 2. The van der Waals surface area contributed by atoms with Gasteiger partial charge in [0, 0.05) is 6.07 Å². The van der Waals surface area contributed by atoms with E-state index in [2.05, 4.69) is 5.32 Å². The summed E-state index contributed by atoms with van der Waals surface area (Å²) in [5.74, 6) is -3.31. The van der Waals surface area contributed by atoms with E-state index in [1.807, 2.05) is 44.2 Å². The van der Waals surface area contributed by atoms with Crippen LogP contribution in [0.3, 0.4) is 0 Å². The lowest BCUT2D eigenvalue weighted by Crippen LogP contribution is -2.27. The molecule has 1 amide bonds. The van der Waals surface area contributed by atoms with Gasteiger partial charge in [0.1, 0.15) is 11.6 Å². The van der Waals surface area contributed by atoms with E-state index < -0.39 is 36.0 Å². The van der Waals surface area contributed by atoms with Crippen molar-refractivity contribution in [1.29, 1.82) is 0 Å². The van der Waals surface area contributed by atoms with E-state index in [1.54, 1.807) is 0 Å². The van der Waals surface area contributed by atoms with Crippen LogP contribution in [0.25, 0.3) is 0 Å². The maximum Gasteiger partial charge on any atom is 0.314 e. The first-order valence-corrected chi connectivity index (χ1v) is 8.38. The molecule has 0 aliphatic carbocycles. The zero-order valence-electron chi connectivity index (χ0n) is 14.7. The predicted molar refractivity (Wildman–Crippen MR) is 94.6 cm³/mol. The van der Waals surface area contributed by atoms with Crippen molar-refractivity contribution in [3.63, 3.8) is 0 Å². The Labute approximate surface area is 151 Å². The van der Waals surface area contributed by atoms with Gasteiger partial charge >= 0.3 is 5.97 Å². The van der Waals surface area contributed by atoms with Crippen LogP contribution in [0.1, 0.15) is 31.7 Å². The lowest BCUT2D eigenvalue weighted by molar-refractivity contribution is -0.150. The first-order chi connectivity index (χ1) is 12.4. The Morgan fingerprint density at radius 2 is 1.81 bits per heavy atom. The molecule has 1 N–H and O–H groups in total. The summed E-state index contributed by atoms with van der Waals surface area (Å²) in [6.07, 6.45) is 0.766. The molecule has 2 rings (SSSR count). The number of rotatable bonds is 7. The van der Waals surface area contributed by atoms with Crippen LogP contribution in [0, 0.1) is 17.6 Å². The molecule has 4 nitrogen and oxygen atoms in total. The first kappa shape index (κ1) is 19.6. The molecular weight excluding hydrogens is 340 g/mol. The van der Waals surface area contributed by atoms with Crippen LogP contribution in [0.4, 0.5) is 14.5 Å². The molecular formula is C20H21F2NO3. The minimum Gasteiger partial charge on any atom is -0.455 e. The second-order valence-electron chi connectivity index (χ2n) is 6.05. The number of hydrogen-bond donors (Lipinski definition) is 1. The highest BCUT2D eigenvalue weighted by Crippen LogP contribution is 2.28. The van der Waals surface area contributed by atoms with E-state index in [0.29, 0.717) is 6.07 Å². The quantitative estimate of drug-likeness (QED) is 0.749. The van der Waals surface area contributed by atoms with Gasteiger partial charge in [0.15, 0.2) is 6.61 Å². The van der Waals surface area contributed by atoms with Crippen molar-refractivity contribution >= 4 is 17.6 Å². The van der Waals surface area contributed by atoms with Crippen molar-refractivity contribution in [3.8, 4) is 0 Å². The van der Waals surface area contributed by atoms with Gasteiger partial charge in [-0.25, -0.2) is 8.78 Å². The predicted octanol–water partition coefficient (Wildman–Crippen LogP) is 4.28. The van der Waals surface area contributed by atoms with E-state index in [9.17, 15) is 18.4 Å². The molecule has 26 heavy (non-hydrogen) atoms. The van der Waals surface area contributed by atoms with Gasteiger partial charge in [-0.1, -0.05) is 50.6 Å². The molecule has 2 aromatic carbocycles. The Morgan fingerprint density at radius 1 is 1.12 bits per heavy atom. The monoisotopic (exact) mass is 361 g/mol. The summed E-state index contributed by atoms with van der Waals surface area (Å²) in [5.41, 5.74) is 0.644. The highest BCUT2D eigenvalue weighted by atomic mass is 19.1. The number of esters is 1. The van der Waals surface area contributed by atoms with Crippen LogP contribution < -0.4 is 5.32 Å². The molecule has 0 aromatic heterocycles. The summed E-state index contributed by atoms with van der Waals surface area (Å²) >= 11 is 0. The molecule has 2 atom stereocenters. The van der Waals surface area contributed by atoms with Crippen molar-refractivity contribution in [3.05, 3.63) is 65.7 Å². The average molecular weight is 361 g/mol. The second kappa shape index (κ2) is 9.08. The third-order valence-corrected chi connectivity index (χ3v) is 4.18. The number of amides is 1. The van der Waals surface area contributed by atoms with Gasteiger partial charge in [-0.2, -0.15) is 0 Å². The number of hydrogen-bond acceptors (Lipinski definition) is 3. The summed E-state index contributed by atoms with van der Waals surface area (Å²) in [6, 6.07) is 12.0. The molecule has 0 saturated carbocycles. The number of carbonyl (C=O) groups is 2. The molecule has 2 aromatic rings. The molecule has 0 aliphatic heterocycles. The first-order valence-electron chi connectivity index (χ1n) is 8.38. The lowest BCUT2D eigenvalue weighted by Gasteiger charge is -2.21. The molecule has 0 saturated heterocycles. The minimum absolute atomic E-state index is 0.0301. The van der Waals surface area contributed by atoms with Gasteiger partial charge in [-0.05, 0) is 23.6 Å². The molecule has 0 aliphatic rings. The number of anilines is 1. The molecule has 2 unspecified atom stereocenters. The average Bonchev–Trinajstić information content (AvgIpc) is 2.63. The highest BCUT2D eigenvalue weighted by Gasteiger charge is 2.27. The molecule has 6 heteroatoms. The van der Waals surface area contributed by atoms with Crippen LogP contribution in [-0.4, -0.2) is 18.5 Å². The van der Waals surface area contributed by atoms with Crippen LogP contribution >= 0.6 is 0 Å². The smallest absolute Gasteiger partial charge is 0.314 e. The Hall–Kier alpha value is -2.76. The Morgan fingerprint density at radius 3 is 2.42 bits per heavy atom. The van der Waals surface area contributed by atoms with Gasteiger partial charge in [-0.15, -0.1) is 0 Å². The molecule has 0 heterocycles. The summed E-state index contributed by atoms with van der Waals surface area (Å²) in [6.45, 7) is 3.36. The number of nitrogens with one attached hydrogen (secondary N) is 1. The fourth-order valence-electron chi connectivity index (χ4n) is 2.60. The third kappa shape index (κ3) is 5.12. The Bertz CT molecular complexity index is 765.